The molecule has 0 radical (unpaired) electrons. The molecule has 1 N–H and O–H groups in total. The van der Waals surface area contributed by atoms with Crippen molar-refractivity contribution in [3.8, 4) is 5.75 Å². The van der Waals surface area contributed by atoms with Crippen LogP contribution >= 0.6 is 0 Å². The Bertz CT molecular complexity index is 807. The maximum absolute atomic E-state index is 12.6. The summed E-state index contributed by atoms with van der Waals surface area (Å²) in [5, 5.41) is 2.86. The summed E-state index contributed by atoms with van der Waals surface area (Å²) >= 11 is 0. The highest BCUT2D eigenvalue weighted by atomic mass is 16.5. The van der Waals surface area contributed by atoms with Crippen molar-refractivity contribution in [3.05, 3.63) is 59.7 Å². The second-order valence-corrected chi connectivity index (χ2v) is 6.60. The lowest BCUT2D eigenvalue weighted by Crippen LogP contribution is -2.49. The molecular weight excluding hydrogens is 344 g/mol. The van der Waals surface area contributed by atoms with Crippen molar-refractivity contribution < 1.29 is 19.1 Å². The van der Waals surface area contributed by atoms with E-state index in [1.807, 2.05) is 60.4 Å². The number of aryl methyl sites for hydroxylation is 1. The van der Waals surface area contributed by atoms with Crippen molar-refractivity contribution in [2.75, 3.05) is 25.6 Å². The maximum atomic E-state index is 12.6. The highest BCUT2D eigenvalue weighted by Gasteiger charge is 2.33. The molecule has 0 spiro atoms. The number of nitrogens with one attached hydrogen (secondary N) is 1. The third-order valence-corrected chi connectivity index (χ3v) is 4.57. The molecule has 0 bridgehead atoms. The Kier molecular flexibility index (Phi) is 6.08. The standard InChI is InChI=1S/C21H24N2O4/c1-15-8-9-19(26-2)17(12-15)22-20(24)13-18-21(25)27-11-10-23(18)14-16-6-4-3-5-7-16/h3-9,12,18H,10-11,13-14H2,1-2H3,(H,22,24). The lowest BCUT2D eigenvalue weighted by molar-refractivity contribution is -0.159. The molecule has 1 aliphatic rings. The second kappa shape index (κ2) is 8.68. The molecule has 0 saturated carbocycles. The lowest BCUT2D eigenvalue weighted by atomic mass is 10.1. The van der Waals surface area contributed by atoms with Crippen LogP contribution in [0, 0.1) is 6.92 Å². The predicted molar refractivity (Wildman–Crippen MR) is 103 cm³/mol. The van der Waals surface area contributed by atoms with Crippen LogP contribution in [0.4, 0.5) is 5.69 Å². The van der Waals surface area contributed by atoms with E-state index >= 15 is 0 Å². The van der Waals surface area contributed by atoms with Crippen LogP contribution in [0.5, 0.6) is 5.75 Å². The molecule has 1 amide bonds. The normalized spacial score (nSPS) is 17.3. The van der Waals surface area contributed by atoms with E-state index in [2.05, 4.69) is 5.32 Å². The minimum Gasteiger partial charge on any atom is -0.495 e. The van der Waals surface area contributed by atoms with Crippen molar-refractivity contribution in [2.45, 2.75) is 25.9 Å². The topological polar surface area (TPSA) is 67.9 Å². The second-order valence-electron chi connectivity index (χ2n) is 6.60. The first-order valence-corrected chi connectivity index (χ1v) is 8.96. The Balaban J connectivity index is 1.70. The van der Waals surface area contributed by atoms with Gasteiger partial charge in [-0.3, -0.25) is 14.5 Å². The van der Waals surface area contributed by atoms with Gasteiger partial charge in [0.05, 0.1) is 19.2 Å². The van der Waals surface area contributed by atoms with Gasteiger partial charge < -0.3 is 14.8 Å². The molecule has 1 atom stereocenters. The molecule has 2 aromatic carbocycles. The van der Waals surface area contributed by atoms with Gasteiger partial charge in [-0.2, -0.15) is 0 Å². The number of benzene rings is 2. The number of cyclic esters (lactones) is 1. The van der Waals surface area contributed by atoms with Gasteiger partial charge in [-0.1, -0.05) is 36.4 Å². The van der Waals surface area contributed by atoms with Crippen LogP contribution < -0.4 is 10.1 Å². The van der Waals surface area contributed by atoms with Crippen LogP contribution in [0.3, 0.4) is 0 Å². The fourth-order valence-corrected chi connectivity index (χ4v) is 3.18. The smallest absolute Gasteiger partial charge is 0.323 e. The number of anilines is 1. The number of methoxy groups -OCH3 is 1. The van der Waals surface area contributed by atoms with Crippen molar-refractivity contribution >= 4 is 17.6 Å². The third kappa shape index (κ3) is 4.86. The lowest BCUT2D eigenvalue weighted by Gasteiger charge is -2.33. The molecule has 0 aromatic heterocycles. The number of nitrogens with zero attached hydrogens (tertiary/aromatic N) is 1. The van der Waals surface area contributed by atoms with Crippen LogP contribution in [-0.4, -0.2) is 43.1 Å². The summed E-state index contributed by atoms with van der Waals surface area (Å²) in [4.78, 5) is 26.9. The number of esters is 1. The summed E-state index contributed by atoms with van der Waals surface area (Å²) in [5.41, 5.74) is 2.70. The van der Waals surface area contributed by atoms with Gasteiger partial charge in [-0.05, 0) is 30.2 Å². The summed E-state index contributed by atoms with van der Waals surface area (Å²) in [6, 6.07) is 14.9. The molecule has 1 unspecified atom stereocenters. The van der Waals surface area contributed by atoms with Crippen LogP contribution in [-0.2, 0) is 20.9 Å². The van der Waals surface area contributed by atoms with E-state index in [4.69, 9.17) is 9.47 Å². The number of ether oxygens (including phenoxy) is 2. The molecule has 6 nitrogen and oxygen atoms in total. The van der Waals surface area contributed by atoms with Gasteiger partial charge in [0.1, 0.15) is 18.4 Å². The van der Waals surface area contributed by atoms with E-state index in [0.29, 0.717) is 31.1 Å². The first-order valence-electron chi connectivity index (χ1n) is 8.96. The average Bonchev–Trinajstić information content (AvgIpc) is 2.65. The molecule has 0 aliphatic carbocycles. The highest BCUT2D eigenvalue weighted by molar-refractivity contribution is 5.95. The van der Waals surface area contributed by atoms with Crippen LogP contribution in [0.15, 0.2) is 48.5 Å². The Morgan fingerprint density at radius 2 is 2.04 bits per heavy atom. The van der Waals surface area contributed by atoms with Gasteiger partial charge in [0.15, 0.2) is 0 Å². The quantitative estimate of drug-likeness (QED) is 0.794. The SMILES string of the molecule is COc1ccc(C)cc1NC(=O)CC1C(=O)OCCN1Cc1ccccc1. The van der Waals surface area contributed by atoms with Crippen LogP contribution in [0.25, 0.3) is 0 Å². The molecule has 1 fully saturated rings. The Hall–Kier alpha value is -2.86. The van der Waals surface area contributed by atoms with Gasteiger partial charge >= 0.3 is 5.97 Å². The first kappa shape index (κ1) is 18.9. The van der Waals surface area contributed by atoms with Gasteiger partial charge in [-0.15, -0.1) is 0 Å². The molecule has 2 aromatic rings. The monoisotopic (exact) mass is 368 g/mol. The van der Waals surface area contributed by atoms with E-state index in [0.717, 1.165) is 11.1 Å². The zero-order valence-electron chi connectivity index (χ0n) is 15.6. The van der Waals surface area contributed by atoms with E-state index in [1.54, 1.807) is 7.11 Å². The maximum Gasteiger partial charge on any atom is 0.323 e. The minimum absolute atomic E-state index is 0.0305. The molecule has 1 heterocycles. The summed E-state index contributed by atoms with van der Waals surface area (Å²) < 4.78 is 10.5. The van der Waals surface area contributed by atoms with Crippen LogP contribution in [0.1, 0.15) is 17.5 Å². The molecule has 3 rings (SSSR count). The Morgan fingerprint density at radius 1 is 1.26 bits per heavy atom. The average molecular weight is 368 g/mol. The van der Waals surface area contributed by atoms with Crippen molar-refractivity contribution in [1.82, 2.24) is 4.90 Å². The van der Waals surface area contributed by atoms with E-state index in [-0.39, 0.29) is 18.3 Å². The summed E-state index contributed by atoms with van der Waals surface area (Å²) in [6.07, 6.45) is 0.0305. The molecule has 27 heavy (non-hydrogen) atoms. The predicted octanol–water partition coefficient (Wildman–Crippen LogP) is 2.76. The number of carbonyl (C=O) groups is 2. The highest BCUT2D eigenvalue weighted by Crippen LogP contribution is 2.26. The van der Waals surface area contributed by atoms with E-state index in [9.17, 15) is 9.59 Å². The number of morpholine rings is 1. The number of hydrogen-bond donors (Lipinski definition) is 1. The van der Waals surface area contributed by atoms with E-state index < -0.39 is 6.04 Å². The largest absolute Gasteiger partial charge is 0.495 e. The van der Waals surface area contributed by atoms with E-state index in [1.165, 1.54) is 0 Å². The zero-order valence-corrected chi connectivity index (χ0v) is 15.6. The van der Waals surface area contributed by atoms with Gasteiger partial charge in [-0.25, -0.2) is 0 Å². The number of hydrogen-bond acceptors (Lipinski definition) is 5. The number of rotatable bonds is 6. The van der Waals surface area contributed by atoms with Crippen molar-refractivity contribution in [3.63, 3.8) is 0 Å². The number of carbonyl (C=O) groups excluding carboxylic acids is 2. The fraction of sp³-hybridized carbons (Fsp3) is 0.333. The summed E-state index contributed by atoms with van der Waals surface area (Å²) in [6.45, 7) is 3.48. The molecule has 142 valence electrons. The van der Waals surface area contributed by atoms with Crippen molar-refractivity contribution in [1.29, 1.82) is 0 Å². The van der Waals surface area contributed by atoms with Gasteiger partial charge in [0.25, 0.3) is 0 Å². The van der Waals surface area contributed by atoms with Crippen LogP contribution in [0.2, 0.25) is 0 Å². The first-order chi connectivity index (χ1) is 13.1. The summed E-state index contributed by atoms with van der Waals surface area (Å²) in [5.74, 6) is -0.0225. The van der Waals surface area contributed by atoms with Gasteiger partial charge in [0.2, 0.25) is 5.91 Å². The van der Waals surface area contributed by atoms with Gasteiger partial charge in [0, 0.05) is 13.1 Å². The summed E-state index contributed by atoms with van der Waals surface area (Å²) in [7, 11) is 1.56. The Morgan fingerprint density at radius 3 is 2.78 bits per heavy atom. The molecule has 6 heteroatoms. The molecule has 1 aliphatic heterocycles. The third-order valence-electron chi connectivity index (χ3n) is 4.57. The van der Waals surface area contributed by atoms with Crippen molar-refractivity contribution in [2.24, 2.45) is 0 Å². The zero-order chi connectivity index (χ0) is 19.2. The Labute approximate surface area is 159 Å². The number of amides is 1. The molecule has 1 saturated heterocycles. The molecular formula is C21H24N2O4. The minimum atomic E-state index is -0.602. The fourth-order valence-electron chi connectivity index (χ4n) is 3.18.